The third kappa shape index (κ3) is 2.07. The molecule has 0 spiro atoms. The monoisotopic (exact) mass is 292 g/mol. The van der Waals surface area contributed by atoms with Crippen molar-refractivity contribution >= 4 is 15.7 Å². The highest BCUT2D eigenvalue weighted by molar-refractivity contribution is 7.92. The summed E-state index contributed by atoms with van der Waals surface area (Å²) >= 11 is 0. The fourth-order valence-corrected chi connectivity index (χ4v) is 4.73. The number of halogens is 3. The Bertz CT molecular complexity index is 597. The van der Waals surface area contributed by atoms with Crippen LogP contribution in [0.15, 0.2) is 18.3 Å². The highest BCUT2D eigenvalue weighted by Gasteiger charge is 2.48. The van der Waals surface area contributed by atoms with Crippen molar-refractivity contribution in [3.05, 3.63) is 23.9 Å². The molecule has 0 aromatic carbocycles. The zero-order valence-corrected chi connectivity index (χ0v) is 10.6. The summed E-state index contributed by atoms with van der Waals surface area (Å²) < 4.78 is 60.4. The molecule has 0 saturated carbocycles. The van der Waals surface area contributed by atoms with E-state index in [1.165, 1.54) is 6.07 Å². The maximum absolute atomic E-state index is 12.4. The molecule has 2 saturated heterocycles. The van der Waals surface area contributed by atoms with E-state index in [1.54, 1.807) is 4.90 Å². The average molecular weight is 292 g/mol. The number of hydrogen-bond donors (Lipinski definition) is 0. The molecule has 2 bridgehead atoms. The van der Waals surface area contributed by atoms with Gasteiger partial charge in [-0.15, -0.1) is 0 Å². The Morgan fingerprint density at radius 3 is 2.47 bits per heavy atom. The maximum Gasteiger partial charge on any atom is 0.417 e. The molecule has 0 radical (unpaired) electrons. The van der Waals surface area contributed by atoms with Gasteiger partial charge < -0.3 is 4.90 Å². The van der Waals surface area contributed by atoms with Crippen molar-refractivity contribution in [1.29, 1.82) is 0 Å². The van der Waals surface area contributed by atoms with Crippen LogP contribution in [0.1, 0.15) is 12.0 Å². The van der Waals surface area contributed by atoms with Gasteiger partial charge in [0, 0.05) is 18.8 Å². The molecule has 104 valence electrons. The van der Waals surface area contributed by atoms with Gasteiger partial charge in [0.1, 0.15) is 5.82 Å². The normalized spacial score (nSPS) is 28.9. The van der Waals surface area contributed by atoms with Gasteiger partial charge in [-0.1, -0.05) is 0 Å². The molecule has 2 aliphatic rings. The first-order valence-corrected chi connectivity index (χ1v) is 7.50. The molecule has 0 aliphatic carbocycles. The molecule has 1 aromatic heterocycles. The molecule has 2 atom stereocenters. The molecule has 1 aromatic rings. The van der Waals surface area contributed by atoms with E-state index in [2.05, 4.69) is 4.98 Å². The standard InChI is InChI=1S/C11H11F3N2O2S/c12-11(13,14)7-1-2-10(15-4-7)16-5-9-3-8(16)6-19(9,17)18/h1-2,4,8-9H,3,5-6H2. The molecule has 2 aliphatic heterocycles. The fourth-order valence-electron chi connectivity index (χ4n) is 2.70. The van der Waals surface area contributed by atoms with Gasteiger partial charge >= 0.3 is 6.18 Å². The second-order valence-corrected chi connectivity index (χ2v) is 7.22. The van der Waals surface area contributed by atoms with Crippen molar-refractivity contribution in [2.75, 3.05) is 17.2 Å². The van der Waals surface area contributed by atoms with Crippen LogP contribution < -0.4 is 4.90 Å². The van der Waals surface area contributed by atoms with Gasteiger partial charge in [-0.3, -0.25) is 0 Å². The Balaban J connectivity index is 1.83. The number of alkyl halides is 3. The molecular weight excluding hydrogens is 281 g/mol. The summed E-state index contributed by atoms with van der Waals surface area (Å²) in [4.78, 5) is 5.59. The predicted molar refractivity (Wildman–Crippen MR) is 62.6 cm³/mol. The first kappa shape index (κ1) is 12.7. The largest absolute Gasteiger partial charge is 0.417 e. The van der Waals surface area contributed by atoms with Crippen LogP contribution in [0.3, 0.4) is 0 Å². The summed E-state index contributed by atoms with van der Waals surface area (Å²) in [6.45, 7) is 0.325. The molecule has 2 fully saturated rings. The molecule has 8 heteroatoms. The number of pyridine rings is 1. The number of sulfone groups is 1. The lowest BCUT2D eigenvalue weighted by atomic mass is 10.2. The van der Waals surface area contributed by atoms with Gasteiger partial charge in [0.05, 0.1) is 16.6 Å². The van der Waals surface area contributed by atoms with Crippen LogP contribution in [0.25, 0.3) is 0 Å². The molecule has 3 rings (SSSR count). The van der Waals surface area contributed by atoms with E-state index in [0.717, 1.165) is 12.3 Å². The first-order valence-electron chi connectivity index (χ1n) is 5.79. The highest BCUT2D eigenvalue weighted by Crippen LogP contribution is 2.36. The smallest absolute Gasteiger partial charge is 0.351 e. The Kier molecular flexibility index (Phi) is 2.57. The van der Waals surface area contributed by atoms with E-state index in [-0.39, 0.29) is 11.8 Å². The van der Waals surface area contributed by atoms with Gasteiger partial charge in [-0.2, -0.15) is 13.2 Å². The summed E-state index contributed by atoms with van der Waals surface area (Å²) in [6.07, 6.45) is -3.07. The van der Waals surface area contributed by atoms with Crippen molar-refractivity contribution < 1.29 is 21.6 Å². The van der Waals surface area contributed by atoms with E-state index in [1.807, 2.05) is 0 Å². The van der Waals surface area contributed by atoms with Gasteiger partial charge in [-0.05, 0) is 18.6 Å². The topological polar surface area (TPSA) is 50.3 Å². The molecule has 0 N–H and O–H groups in total. The minimum atomic E-state index is -4.40. The molecule has 2 unspecified atom stereocenters. The summed E-state index contributed by atoms with van der Waals surface area (Å²) in [6, 6.07) is 2.12. The number of hydrogen-bond acceptors (Lipinski definition) is 4. The van der Waals surface area contributed by atoms with Crippen molar-refractivity contribution in [3.63, 3.8) is 0 Å². The van der Waals surface area contributed by atoms with Crippen molar-refractivity contribution in [2.24, 2.45) is 0 Å². The Morgan fingerprint density at radius 2 is 2.05 bits per heavy atom. The van der Waals surface area contributed by atoms with Crippen molar-refractivity contribution in [1.82, 2.24) is 4.98 Å². The van der Waals surface area contributed by atoms with Crippen LogP contribution >= 0.6 is 0 Å². The lowest BCUT2D eigenvalue weighted by Crippen LogP contribution is -2.40. The Hall–Kier alpha value is -1.31. The second kappa shape index (κ2) is 3.84. The van der Waals surface area contributed by atoms with E-state index >= 15 is 0 Å². The number of aromatic nitrogens is 1. The van der Waals surface area contributed by atoms with E-state index < -0.39 is 26.8 Å². The van der Waals surface area contributed by atoms with Gasteiger partial charge in [0.15, 0.2) is 9.84 Å². The zero-order valence-electron chi connectivity index (χ0n) is 9.76. The predicted octanol–water partition coefficient (Wildman–Crippen LogP) is 1.48. The third-order valence-electron chi connectivity index (χ3n) is 3.68. The van der Waals surface area contributed by atoms with Gasteiger partial charge in [-0.25, -0.2) is 13.4 Å². The maximum atomic E-state index is 12.4. The third-order valence-corrected chi connectivity index (χ3v) is 5.88. The molecule has 0 amide bonds. The Labute approximate surface area is 108 Å². The van der Waals surface area contributed by atoms with Crippen LogP contribution in [0.2, 0.25) is 0 Å². The van der Waals surface area contributed by atoms with Gasteiger partial charge in [0.2, 0.25) is 0 Å². The number of rotatable bonds is 1. The van der Waals surface area contributed by atoms with Crippen molar-refractivity contribution in [2.45, 2.75) is 23.9 Å². The summed E-state index contributed by atoms with van der Waals surface area (Å²) in [5.41, 5.74) is -0.798. The summed E-state index contributed by atoms with van der Waals surface area (Å²) in [5, 5.41) is -0.401. The second-order valence-electron chi connectivity index (χ2n) is 4.90. The van der Waals surface area contributed by atoms with E-state index in [0.29, 0.717) is 18.8 Å². The quantitative estimate of drug-likeness (QED) is 0.786. The lowest BCUT2D eigenvalue weighted by Gasteiger charge is -2.27. The highest BCUT2D eigenvalue weighted by atomic mass is 32.2. The minimum Gasteiger partial charge on any atom is -0.351 e. The van der Waals surface area contributed by atoms with Gasteiger partial charge in [0.25, 0.3) is 0 Å². The molecule has 3 heterocycles. The molecule has 19 heavy (non-hydrogen) atoms. The van der Waals surface area contributed by atoms with Crippen molar-refractivity contribution in [3.8, 4) is 0 Å². The van der Waals surface area contributed by atoms with Crippen LogP contribution in [-0.4, -0.2) is 37.0 Å². The van der Waals surface area contributed by atoms with Crippen LogP contribution in [0.4, 0.5) is 19.0 Å². The van der Waals surface area contributed by atoms with E-state index in [9.17, 15) is 21.6 Å². The van der Waals surface area contributed by atoms with Crippen LogP contribution in [0.5, 0.6) is 0 Å². The van der Waals surface area contributed by atoms with Crippen LogP contribution in [0, 0.1) is 0 Å². The number of nitrogens with zero attached hydrogens (tertiary/aromatic N) is 2. The minimum absolute atomic E-state index is 0.0698. The molecular formula is C11H11F3N2O2S. The summed E-state index contributed by atoms with van der Waals surface area (Å²) in [5.74, 6) is 0.482. The lowest BCUT2D eigenvalue weighted by molar-refractivity contribution is -0.137. The van der Waals surface area contributed by atoms with Crippen LogP contribution in [-0.2, 0) is 16.0 Å². The SMILES string of the molecule is O=S1(=O)CC2CC1CN2c1ccc(C(F)(F)F)cn1. The first-order chi connectivity index (χ1) is 8.77. The van der Waals surface area contributed by atoms with E-state index in [4.69, 9.17) is 0 Å². The number of fused-ring (bicyclic) bond motifs is 2. The fraction of sp³-hybridized carbons (Fsp3) is 0.545. The molecule has 4 nitrogen and oxygen atoms in total. The average Bonchev–Trinajstić information content (AvgIpc) is 2.83. The summed E-state index contributed by atoms with van der Waals surface area (Å²) in [7, 11) is -3.01. The Morgan fingerprint density at radius 1 is 1.32 bits per heavy atom. The zero-order chi connectivity index (χ0) is 13.8. The number of anilines is 1.